The molecule has 0 fully saturated rings. The summed E-state index contributed by atoms with van der Waals surface area (Å²) in [6.45, 7) is 0.582. The molecule has 0 saturated heterocycles. The zero-order valence-corrected chi connectivity index (χ0v) is 5.56. The molecule has 0 radical (unpaired) electrons. The van der Waals surface area contributed by atoms with E-state index in [-0.39, 0.29) is 5.92 Å². The molecule has 0 aliphatic carbocycles. The molecule has 0 saturated carbocycles. The Morgan fingerprint density at radius 2 is 2.38 bits per heavy atom. The minimum absolute atomic E-state index is 0.0448. The summed E-state index contributed by atoms with van der Waals surface area (Å²) in [5.74, 6) is 0.664. The molecule has 0 aromatic rings. The fraction of sp³-hybridized carbons (Fsp3) is 0.800. The van der Waals surface area contributed by atoms with Crippen molar-refractivity contribution in [2.45, 2.75) is 6.42 Å². The van der Waals surface area contributed by atoms with E-state index in [0.29, 0.717) is 12.3 Å². The number of thiol groups is 1. The van der Waals surface area contributed by atoms with Crippen molar-refractivity contribution in [1.29, 1.82) is 5.26 Å². The van der Waals surface area contributed by atoms with Gasteiger partial charge in [-0.2, -0.15) is 17.9 Å². The molecule has 0 bridgehead atoms. The first-order valence-electron chi connectivity index (χ1n) is 2.55. The van der Waals surface area contributed by atoms with Crippen LogP contribution in [0.15, 0.2) is 0 Å². The molecule has 0 aromatic carbocycles. The van der Waals surface area contributed by atoms with Crippen LogP contribution in [0.25, 0.3) is 0 Å². The summed E-state index contributed by atoms with van der Waals surface area (Å²) in [6, 6.07) is 2.10. The smallest absolute Gasteiger partial charge is 0.0664 e. The van der Waals surface area contributed by atoms with E-state index in [1.54, 1.807) is 0 Å². The number of hydrogen-bond acceptors (Lipinski definition) is 3. The predicted octanol–water partition coefficient (Wildman–Crippen LogP) is 0.405. The summed E-state index contributed by atoms with van der Waals surface area (Å²) in [5.41, 5.74) is 5.20. The summed E-state index contributed by atoms with van der Waals surface area (Å²) < 4.78 is 0. The van der Waals surface area contributed by atoms with Gasteiger partial charge >= 0.3 is 0 Å². The fourth-order valence-corrected chi connectivity index (χ4v) is 0.662. The summed E-state index contributed by atoms with van der Waals surface area (Å²) in [4.78, 5) is 0. The van der Waals surface area contributed by atoms with Gasteiger partial charge in [-0.3, -0.25) is 0 Å². The van der Waals surface area contributed by atoms with Crippen LogP contribution in [-0.4, -0.2) is 12.3 Å². The third-order valence-electron chi connectivity index (χ3n) is 0.918. The van der Waals surface area contributed by atoms with Crippen LogP contribution in [0.4, 0.5) is 0 Å². The second-order valence-electron chi connectivity index (χ2n) is 1.59. The van der Waals surface area contributed by atoms with Gasteiger partial charge in [-0.15, -0.1) is 0 Å². The van der Waals surface area contributed by atoms with Gasteiger partial charge in [0, 0.05) is 5.75 Å². The molecular weight excluding hydrogens is 120 g/mol. The van der Waals surface area contributed by atoms with Crippen LogP contribution in [0, 0.1) is 17.2 Å². The highest BCUT2D eigenvalue weighted by atomic mass is 32.1. The van der Waals surface area contributed by atoms with Crippen LogP contribution in [0.3, 0.4) is 0 Å². The van der Waals surface area contributed by atoms with E-state index in [0.717, 1.165) is 6.42 Å². The van der Waals surface area contributed by atoms with Gasteiger partial charge < -0.3 is 5.73 Å². The van der Waals surface area contributed by atoms with Crippen molar-refractivity contribution in [3.05, 3.63) is 0 Å². The zero-order valence-electron chi connectivity index (χ0n) is 4.67. The lowest BCUT2D eigenvalue weighted by atomic mass is 10.1. The highest BCUT2D eigenvalue weighted by Crippen LogP contribution is 2.00. The molecule has 2 nitrogen and oxygen atoms in total. The summed E-state index contributed by atoms with van der Waals surface area (Å²) in [6.07, 6.45) is 0.764. The first kappa shape index (κ1) is 7.80. The summed E-state index contributed by atoms with van der Waals surface area (Å²) in [7, 11) is 0. The van der Waals surface area contributed by atoms with Crippen molar-refractivity contribution in [2.75, 3.05) is 12.3 Å². The maximum absolute atomic E-state index is 8.30. The molecule has 1 atom stereocenters. The monoisotopic (exact) mass is 130 g/mol. The molecule has 0 aliphatic rings. The van der Waals surface area contributed by atoms with Crippen molar-refractivity contribution in [3.8, 4) is 6.07 Å². The second kappa shape index (κ2) is 4.95. The second-order valence-corrected chi connectivity index (χ2v) is 1.95. The van der Waals surface area contributed by atoms with Crippen molar-refractivity contribution < 1.29 is 0 Å². The lowest BCUT2D eigenvalue weighted by Gasteiger charge is -1.98. The van der Waals surface area contributed by atoms with E-state index in [9.17, 15) is 0 Å². The highest BCUT2D eigenvalue weighted by molar-refractivity contribution is 7.80. The van der Waals surface area contributed by atoms with E-state index in [1.807, 2.05) is 0 Å². The van der Waals surface area contributed by atoms with Crippen LogP contribution < -0.4 is 5.73 Å². The summed E-state index contributed by atoms with van der Waals surface area (Å²) in [5, 5.41) is 8.30. The Labute approximate surface area is 55.1 Å². The van der Waals surface area contributed by atoms with Crippen LogP contribution >= 0.6 is 12.6 Å². The van der Waals surface area contributed by atoms with Crippen molar-refractivity contribution in [2.24, 2.45) is 11.7 Å². The van der Waals surface area contributed by atoms with E-state index < -0.39 is 0 Å². The molecule has 0 amide bonds. The van der Waals surface area contributed by atoms with Gasteiger partial charge in [0.05, 0.1) is 12.0 Å². The Bertz CT molecular complexity index is 86.9. The minimum atomic E-state index is 0.0448. The molecular formula is C5H10N2S. The molecule has 46 valence electrons. The van der Waals surface area contributed by atoms with Gasteiger partial charge in [0.15, 0.2) is 0 Å². The third-order valence-corrected chi connectivity index (χ3v) is 1.36. The van der Waals surface area contributed by atoms with Crippen molar-refractivity contribution in [3.63, 3.8) is 0 Å². The quantitative estimate of drug-likeness (QED) is 0.543. The predicted molar refractivity (Wildman–Crippen MR) is 36.6 cm³/mol. The average Bonchev–Trinajstić information content (AvgIpc) is 1.83. The van der Waals surface area contributed by atoms with Gasteiger partial charge in [-0.1, -0.05) is 0 Å². The SMILES string of the molecule is N#CC(CS)CCN. The normalized spacial score (nSPS) is 12.6. The first-order valence-corrected chi connectivity index (χ1v) is 3.19. The fourth-order valence-electron chi connectivity index (χ4n) is 0.398. The van der Waals surface area contributed by atoms with E-state index in [2.05, 4.69) is 18.7 Å². The minimum Gasteiger partial charge on any atom is -0.330 e. The van der Waals surface area contributed by atoms with E-state index >= 15 is 0 Å². The number of hydrogen-bond donors (Lipinski definition) is 2. The molecule has 0 spiro atoms. The van der Waals surface area contributed by atoms with Gasteiger partial charge in [0.25, 0.3) is 0 Å². The van der Waals surface area contributed by atoms with Crippen LogP contribution in [-0.2, 0) is 0 Å². The lowest BCUT2D eigenvalue weighted by molar-refractivity contribution is 0.682. The van der Waals surface area contributed by atoms with Crippen LogP contribution in [0.5, 0.6) is 0 Å². The van der Waals surface area contributed by atoms with Gasteiger partial charge in [0.2, 0.25) is 0 Å². The highest BCUT2D eigenvalue weighted by Gasteiger charge is 2.00. The third kappa shape index (κ3) is 2.89. The molecule has 3 heteroatoms. The van der Waals surface area contributed by atoms with Crippen LogP contribution in [0.2, 0.25) is 0 Å². The number of nitrogens with zero attached hydrogens (tertiary/aromatic N) is 1. The Morgan fingerprint density at radius 3 is 2.50 bits per heavy atom. The van der Waals surface area contributed by atoms with E-state index in [1.165, 1.54) is 0 Å². The van der Waals surface area contributed by atoms with Gasteiger partial charge in [-0.05, 0) is 13.0 Å². The van der Waals surface area contributed by atoms with Gasteiger partial charge in [-0.25, -0.2) is 0 Å². The Balaban J connectivity index is 3.26. The largest absolute Gasteiger partial charge is 0.330 e. The maximum atomic E-state index is 8.30. The van der Waals surface area contributed by atoms with Gasteiger partial charge in [0.1, 0.15) is 0 Å². The van der Waals surface area contributed by atoms with E-state index in [4.69, 9.17) is 11.0 Å². The Kier molecular flexibility index (Phi) is 4.82. The summed E-state index contributed by atoms with van der Waals surface area (Å²) >= 11 is 3.95. The number of nitrogens with two attached hydrogens (primary N) is 1. The average molecular weight is 130 g/mol. The molecule has 0 aromatic heterocycles. The molecule has 0 aliphatic heterocycles. The molecule has 2 N–H and O–H groups in total. The maximum Gasteiger partial charge on any atom is 0.0664 e. The lowest BCUT2D eigenvalue weighted by Crippen LogP contribution is -2.07. The zero-order chi connectivity index (χ0) is 6.41. The molecule has 1 unspecified atom stereocenters. The van der Waals surface area contributed by atoms with Crippen molar-refractivity contribution >= 4 is 12.6 Å². The van der Waals surface area contributed by atoms with Crippen molar-refractivity contribution in [1.82, 2.24) is 0 Å². The first-order chi connectivity index (χ1) is 3.85. The topological polar surface area (TPSA) is 49.8 Å². The Hall–Kier alpha value is -0.200. The van der Waals surface area contributed by atoms with Crippen LogP contribution in [0.1, 0.15) is 6.42 Å². The molecule has 8 heavy (non-hydrogen) atoms. The Morgan fingerprint density at radius 1 is 1.75 bits per heavy atom. The molecule has 0 rings (SSSR count). The molecule has 0 heterocycles. The standard InChI is InChI=1S/C5H10N2S/c6-2-1-5(3-7)4-8/h5,8H,1-2,4,6H2. The number of rotatable bonds is 3. The number of nitriles is 1.